The van der Waals surface area contributed by atoms with Crippen molar-refractivity contribution in [1.29, 1.82) is 0 Å². The van der Waals surface area contributed by atoms with Gasteiger partial charge in [0.25, 0.3) is 5.89 Å². The second kappa shape index (κ2) is 7.09. The molecule has 0 unspecified atom stereocenters. The zero-order chi connectivity index (χ0) is 18.9. The average molecular weight is 374 g/mol. The van der Waals surface area contributed by atoms with Crippen LogP contribution in [0.3, 0.4) is 0 Å². The Labute approximate surface area is 163 Å². The molecule has 1 saturated heterocycles. The second-order valence-electron chi connectivity index (χ2n) is 7.17. The van der Waals surface area contributed by atoms with E-state index in [1.165, 1.54) is 16.5 Å². The van der Waals surface area contributed by atoms with E-state index < -0.39 is 0 Å². The number of nitrogens with zero attached hydrogens (tertiary/aromatic N) is 5. The van der Waals surface area contributed by atoms with Crippen molar-refractivity contribution in [1.82, 2.24) is 25.0 Å². The summed E-state index contributed by atoms with van der Waals surface area (Å²) < 4.78 is 5.21. The van der Waals surface area contributed by atoms with E-state index in [1.54, 1.807) is 6.20 Å². The van der Waals surface area contributed by atoms with Crippen LogP contribution in [0.25, 0.3) is 22.4 Å². The van der Waals surface area contributed by atoms with E-state index in [0.29, 0.717) is 11.7 Å². The van der Waals surface area contributed by atoms with Crippen LogP contribution in [0.4, 0.5) is 5.82 Å². The molecule has 4 heterocycles. The monoisotopic (exact) mass is 374 g/mol. The lowest BCUT2D eigenvalue weighted by atomic mass is 10.1. The summed E-state index contributed by atoms with van der Waals surface area (Å²) in [5.74, 6) is 2.14. The number of benzene rings is 1. The summed E-state index contributed by atoms with van der Waals surface area (Å²) in [6, 6.07) is 12.7. The molecule has 0 saturated carbocycles. The van der Waals surface area contributed by atoms with Gasteiger partial charge in [0.15, 0.2) is 5.82 Å². The lowest BCUT2D eigenvalue weighted by molar-refractivity contribution is 0.250. The molecule has 0 spiro atoms. The molecule has 0 amide bonds. The van der Waals surface area contributed by atoms with Crippen LogP contribution in [-0.2, 0) is 6.54 Å². The fraction of sp³-hybridized carbons (Fsp3) is 0.286. The number of aromatic amines is 1. The molecule has 1 aliphatic heterocycles. The number of pyridine rings is 1. The standard InChI is InChI=1S/C21H22N6O/c1-15-24-21(28-25-15)16-5-6-20(23-13-16)27-11-9-26(10-12-27)14-17-3-2-4-19-18(17)7-8-22-19/h2-8,13,22H,9-12,14H2,1H3. The Morgan fingerprint density at radius 3 is 2.71 bits per heavy atom. The third kappa shape index (κ3) is 3.25. The molecule has 5 rings (SSSR count). The molecule has 0 bridgehead atoms. The number of nitrogens with one attached hydrogen (secondary N) is 1. The summed E-state index contributed by atoms with van der Waals surface area (Å²) in [5.41, 5.74) is 3.43. The van der Waals surface area contributed by atoms with E-state index in [2.05, 4.69) is 54.2 Å². The van der Waals surface area contributed by atoms with Crippen LogP contribution in [0.1, 0.15) is 11.4 Å². The quantitative estimate of drug-likeness (QED) is 0.591. The highest BCUT2D eigenvalue weighted by molar-refractivity contribution is 5.82. The molecule has 0 radical (unpaired) electrons. The number of fused-ring (bicyclic) bond motifs is 1. The third-order valence-corrected chi connectivity index (χ3v) is 5.30. The topological polar surface area (TPSA) is 74.1 Å². The number of hydrogen-bond acceptors (Lipinski definition) is 6. The van der Waals surface area contributed by atoms with Gasteiger partial charge in [0.05, 0.1) is 5.56 Å². The predicted octanol–water partition coefficient (Wildman–Crippen LogP) is 3.24. The van der Waals surface area contributed by atoms with Crippen molar-refractivity contribution in [3.63, 3.8) is 0 Å². The summed E-state index contributed by atoms with van der Waals surface area (Å²) in [4.78, 5) is 17.0. The van der Waals surface area contributed by atoms with Crippen molar-refractivity contribution in [2.45, 2.75) is 13.5 Å². The smallest absolute Gasteiger partial charge is 0.259 e. The SMILES string of the molecule is Cc1noc(-c2ccc(N3CCN(Cc4cccc5[nH]ccc45)CC3)nc2)n1. The van der Waals surface area contributed by atoms with Crippen LogP contribution >= 0.6 is 0 Å². The zero-order valence-corrected chi connectivity index (χ0v) is 15.8. The molecule has 28 heavy (non-hydrogen) atoms. The molecular formula is C21H22N6O. The summed E-state index contributed by atoms with van der Waals surface area (Å²) in [6.07, 6.45) is 3.82. The normalized spacial score (nSPS) is 15.4. The maximum absolute atomic E-state index is 5.21. The van der Waals surface area contributed by atoms with Gasteiger partial charge in [-0.2, -0.15) is 4.98 Å². The molecule has 3 aromatic heterocycles. The number of aromatic nitrogens is 4. The van der Waals surface area contributed by atoms with Crippen molar-refractivity contribution in [2.24, 2.45) is 0 Å². The highest BCUT2D eigenvalue weighted by atomic mass is 16.5. The van der Waals surface area contributed by atoms with Crippen molar-refractivity contribution in [3.05, 3.63) is 60.2 Å². The van der Waals surface area contributed by atoms with E-state index >= 15 is 0 Å². The minimum absolute atomic E-state index is 0.514. The molecule has 7 heteroatoms. The van der Waals surface area contributed by atoms with Crippen LogP contribution < -0.4 is 4.90 Å². The van der Waals surface area contributed by atoms with Crippen LogP contribution in [0.2, 0.25) is 0 Å². The van der Waals surface area contributed by atoms with E-state index in [0.717, 1.165) is 44.1 Å². The van der Waals surface area contributed by atoms with Gasteiger partial charge in [-0.1, -0.05) is 17.3 Å². The maximum Gasteiger partial charge on any atom is 0.259 e. The number of hydrogen-bond donors (Lipinski definition) is 1. The summed E-state index contributed by atoms with van der Waals surface area (Å²) in [5, 5.41) is 5.15. The molecular weight excluding hydrogens is 352 g/mol. The molecule has 7 nitrogen and oxygen atoms in total. The number of piperazine rings is 1. The van der Waals surface area contributed by atoms with Crippen molar-refractivity contribution in [2.75, 3.05) is 31.1 Å². The van der Waals surface area contributed by atoms with Crippen LogP contribution in [0.5, 0.6) is 0 Å². The van der Waals surface area contributed by atoms with Crippen molar-refractivity contribution < 1.29 is 4.52 Å². The van der Waals surface area contributed by atoms with E-state index in [4.69, 9.17) is 4.52 Å². The number of anilines is 1. The Morgan fingerprint density at radius 1 is 1.07 bits per heavy atom. The van der Waals surface area contributed by atoms with Crippen LogP contribution in [0.15, 0.2) is 53.3 Å². The van der Waals surface area contributed by atoms with Gasteiger partial charge in [-0.3, -0.25) is 4.90 Å². The molecule has 0 atom stereocenters. The van der Waals surface area contributed by atoms with E-state index in [9.17, 15) is 0 Å². The lowest BCUT2D eigenvalue weighted by Crippen LogP contribution is -2.46. The Kier molecular flexibility index (Phi) is 4.29. The summed E-state index contributed by atoms with van der Waals surface area (Å²) in [7, 11) is 0. The Balaban J connectivity index is 1.23. The fourth-order valence-corrected chi connectivity index (χ4v) is 3.78. The first-order chi connectivity index (χ1) is 13.8. The van der Waals surface area contributed by atoms with E-state index in [1.807, 2.05) is 25.3 Å². The molecule has 1 aliphatic rings. The van der Waals surface area contributed by atoms with Gasteiger partial charge in [-0.25, -0.2) is 4.98 Å². The summed E-state index contributed by atoms with van der Waals surface area (Å²) >= 11 is 0. The van der Waals surface area contributed by atoms with Gasteiger partial charge in [0.2, 0.25) is 0 Å². The highest BCUT2D eigenvalue weighted by Crippen LogP contribution is 2.22. The maximum atomic E-state index is 5.21. The Morgan fingerprint density at radius 2 is 1.96 bits per heavy atom. The van der Waals surface area contributed by atoms with Gasteiger partial charge in [0, 0.05) is 56.0 Å². The number of H-pyrrole nitrogens is 1. The molecule has 4 aromatic rings. The molecule has 142 valence electrons. The van der Waals surface area contributed by atoms with Gasteiger partial charge in [-0.05, 0) is 36.8 Å². The molecule has 1 N–H and O–H groups in total. The van der Waals surface area contributed by atoms with Gasteiger partial charge >= 0.3 is 0 Å². The lowest BCUT2D eigenvalue weighted by Gasteiger charge is -2.35. The van der Waals surface area contributed by atoms with Gasteiger partial charge in [-0.15, -0.1) is 0 Å². The van der Waals surface area contributed by atoms with Crippen molar-refractivity contribution >= 4 is 16.7 Å². The number of aryl methyl sites for hydroxylation is 1. The Bertz CT molecular complexity index is 1080. The number of rotatable bonds is 4. The van der Waals surface area contributed by atoms with Gasteiger partial charge in [0.1, 0.15) is 5.82 Å². The highest BCUT2D eigenvalue weighted by Gasteiger charge is 2.19. The van der Waals surface area contributed by atoms with Gasteiger partial charge < -0.3 is 14.4 Å². The van der Waals surface area contributed by atoms with Crippen LogP contribution in [-0.4, -0.2) is 51.2 Å². The molecule has 1 fully saturated rings. The van der Waals surface area contributed by atoms with Crippen LogP contribution in [0, 0.1) is 6.92 Å². The summed E-state index contributed by atoms with van der Waals surface area (Å²) in [6.45, 7) is 6.77. The first kappa shape index (κ1) is 16.9. The fourth-order valence-electron chi connectivity index (χ4n) is 3.78. The third-order valence-electron chi connectivity index (χ3n) is 5.30. The first-order valence-electron chi connectivity index (χ1n) is 9.55. The van der Waals surface area contributed by atoms with Crippen molar-refractivity contribution in [3.8, 4) is 11.5 Å². The largest absolute Gasteiger partial charge is 0.361 e. The average Bonchev–Trinajstić information content (AvgIpc) is 3.38. The first-order valence-corrected chi connectivity index (χ1v) is 9.55. The second-order valence-corrected chi connectivity index (χ2v) is 7.17. The molecule has 1 aromatic carbocycles. The minimum atomic E-state index is 0.514. The van der Waals surface area contributed by atoms with E-state index in [-0.39, 0.29) is 0 Å². The minimum Gasteiger partial charge on any atom is -0.361 e. The Hall–Kier alpha value is -3.19. The molecule has 0 aliphatic carbocycles. The predicted molar refractivity (Wildman–Crippen MR) is 108 cm³/mol. The zero-order valence-electron chi connectivity index (χ0n) is 15.8.